The van der Waals surface area contributed by atoms with E-state index in [0.29, 0.717) is 30.6 Å². The first-order valence-corrected chi connectivity index (χ1v) is 8.22. The van der Waals surface area contributed by atoms with Gasteiger partial charge >= 0.3 is 0 Å². The summed E-state index contributed by atoms with van der Waals surface area (Å²) in [7, 11) is 0.742. The van der Waals surface area contributed by atoms with Crippen LogP contribution in [-0.2, 0) is 17.2 Å². The lowest BCUT2D eigenvalue weighted by atomic mass is 9.86. The van der Waals surface area contributed by atoms with Gasteiger partial charge in [-0.25, -0.2) is 4.39 Å². The molecule has 2 fully saturated rings. The minimum Gasteiger partial charge on any atom is -0.496 e. The zero-order chi connectivity index (χ0) is 14.3. The Morgan fingerprint density at radius 2 is 2.05 bits per heavy atom. The van der Waals surface area contributed by atoms with Gasteiger partial charge in [0.2, 0.25) is 0 Å². The Morgan fingerprint density at radius 1 is 1.40 bits per heavy atom. The van der Waals surface area contributed by atoms with Crippen molar-refractivity contribution in [2.45, 2.75) is 48.2 Å². The summed E-state index contributed by atoms with van der Waals surface area (Å²) in [6, 6.07) is 4.36. The van der Waals surface area contributed by atoms with Gasteiger partial charge in [0.25, 0.3) is 0 Å². The van der Waals surface area contributed by atoms with Gasteiger partial charge in [0, 0.05) is 27.7 Å². The summed E-state index contributed by atoms with van der Waals surface area (Å²) in [5.41, 5.74) is -0.206. The van der Waals surface area contributed by atoms with E-state index in [4.69, 9.17) is 4.74 Å². The summed E-state index contributed by atoms with van der Waals surface area (Å²) in [4.78, 5) is 0. The van der Waals surface area contributed by atoms with Gasteiger partial charge < -0.3 is 9.84 Å². The van der Waals surface area contributed by atoms with E-state index in [1.807, 2.05) is 0 Å². The third kappa shape index (κ3) is 2.49. The van der Waals surface area contributed by atoms with Crippen molar-refractivity contribution in [3.63, 3.8) is 0 Å². The second-order valence-corrected chi connectivity index (χ2v) is 7.91. The minimum atomic E-state index is -0.888. The Bertz CT molecular complexity index is 530. The van der Waals surface area contributed by atoms with Gasteiger partial charge in [-0.1, -0.05) is 0 Å². The molecule has 2 heterocycles. The molecule has 0 amide bonds. The molecule has 1 aromatic rings. The summed E-state index contributed by atoms with van der Waals surface area (Å²) < 4.78 is 30.7. The predicted molar refractivity (Wildman–Crippen MR) is 75.8 cm³/mol. The Kier molecular flexibility index (Phi) is 3.58. The molecule has 2 unspecified atom stereocenters. The molecule has 2 aliphatic heterocycles. The van der Waals surface area contributed by atoms with Crippen LogP contribution in [0.25, 0.3) is 0 Å². The van der Waals surface area contributed by atoms with Crippen molar-refractivity contribution in [2.75, 3.05) is 7.11 Å². The van der Waals surface area contributed by atoms with Crippen LogP contribution in [0.2, 0.25) is 0 Å². The summed E-state index contributed by atoms with van der Waals surface area (Å²) in [6.07, 6.45) is 3.30. The van der Waals surface area contributed by atoms with E-state index in [1.165, 1.54) is 12.1 Å². The average molecular weight is 298 g/mol. The Hall–Kier alpha value is -0.940. The second-order valence-electron chi connectivity index (χ2n) is 5.92. The third-order valence-electron chi connectivity index (χ3n) is 4.44. The summed E-state index contributed by atoms with van der Waals surface area (Å²) in [5, 5.41) is 11.0. The van der Waals surface area contributed by atoms with Gasteiger partial charge in [-0.05, 0) is 49.4 Å². The lowest BCUT2D eigenvalue weighted by Gasteiger charge is -2.36. The first kappa shape index (κ1) is 14.0. The van der Waals surface area contributed by atoms with Crippen LogP contribution in [0.1, 0.15) is 31.2 Å². The van der Waals surface area contributed by atoms with Crippen molar-refractivity contribution in [3.8, 4) is 5.75 Å². The van der Waals surface area contributed by atoms with E-state index in [-0.39, 0.29) is 16.3 Å². The van der Waals surface area contributed by atoms with Crippen molar-refractivity contribution >= 4 is 10.8 Å². The lowest BCUT2D eigenvalue weighted by Crippen LogP contribution is -2.44. The van der Waals surface area contributed by atoms with Crippen LogP contribution in [0, 0.1) is 5.82 Å². The lowest BCUT2D eigenvalue weighted by molar-refractivity contribution is 0.0225. The van der Waals surface area contributed by atoms with Gasteiger partial charge in [-0.15, -0.1) is 0 Å². The second kappa shape index (κ2) is 5.11. The smallest absolute Gasteiger partial charge is 0.123 e. The van der Waals surface area contributed by atoms with Crippen LogP contribution < -0.4 is 4.74 Å². The van der Waals surface area contributed by atoms with Gasteiger partial charge in [0.1, 0.15) is 11.6 Å². The fourth-order valence-corrected chi connectivity index (χ4v) is 5.79. The van der Waals surface area contributed by atoms with Crippen LogP contribution in [0.15, 0.2) is 18.2 Å². The number of rotatable bonds is 3. The highest BCUT2D eigenvalue weighted by molar-refractivity contribution is 7.86. The maximum atomic E-state index is 13.4. The van der Waals surface area contributed by atoms with Crippen molar-refractivity contribution in [1.82, 2.24) is 0 Å². The molecule has 2 bridgehead atoms. The first-order valence-electron chi connectivity index (χ1n) is 6.95. The summed E-state index contributed by atoms with van der Waals surface area (Å²) in [6.45, 7) is 0. The number of ether oxygens (including phenoxy) is 1. The third-order valence-corrected chi connectivity index (χ3v) is 6.56. The van der Waals surface area contributed by atoms with Gasteiger partial charge in [0.15, 0.2) is 0 Å². The number of halogens is 1. The molecule has 0 saturated carbocycles. The number of fused-ring (bicyclic) bond motifs is 2. The largest absolute Gasteiger partial charge is 0.496 e. The fourth-order valence-electron chi connectivity index (χ4n) is 3.56. The zero-order valence-electron chi connectivity index (χ0n) is 11.5. The van der Waals surface area contributed by atoms with Gasteiger partial charge in [-0.3, -0.25) is 4.21 Å². The first-order chi connectivity index (χ1) is 9.50. The minimum absolute atomic E-state index is 0.0957. The molecule has 0 aliphatic carbocycles. The highest BCUT2D eigenvalue weighted by Gasteiger charge is 2.47. The van der Waals surface area contributed by atoms with Crippen LogP contribution in [-0.4, -0.2) is 32.5 Å². The molecule has 0 aromatic heterocycles. The van der Waals surface area contributed by atoms with E-state index in [1.54, 1.807) is 13.2 Å². The molecular weight excluding hydrogens is 279 g/mol. The molecular formula is C15H19FO3S. The molecule has 2 aliphatic rings. The Labute approximate surface area is 120 Å². The highest BCUT2D eigenvalue weighted by atomic mass is 32.2. The zero-order valence-corrected chi connectivity index (χ0v) is 12.3. The molecule has 0 radical (unpaired) electrons. The number of aliphatic hydroxyl groups is 1. The number of methoxy groups -OCH3 is 1. The Balaban J connectivity index is 1.84. The molecule has 1 N–H and O–H groups in total. The molecule has 3 rings (SSSR count). The maximum Gasteiger partial charge on any atom is 0.123 e. The average Bonchev–Trinajstić information content (AvgIpc) is 2.62. The van der Waals surface area contributed by atoms with Crippen LogP contribution in [0.3, 0.4) is 0 Å². The molecule has 3 nitrogen and oxygen atoms in total. The van der Waals surface area contributed by atoms with E-state index in [9.17, 15) is 13.7 Å². The van der Waals surface area contributed by atoms with Gasteiger partial charge in [0.05, 0.1) is 12.7 Å². The maximum absolute atomic E-state index is 13.4. The predicted octanol–water partition coefficient (Wildman–Crippen LogP) is 2.18. The molecule has 110 valence electrons. The standard InChI is InChI=1S/C15H19FO3S/c1-19-14-5-2-11(16)6-10(14)7-15(17)8-12-3-4-13(9-15)20(12)18/h2,5-6,12-13,17H,3-4,7-9H2,1H3. The Morgan fingerprint density at radius 3 is 2.65 bits per heavy atom. The van der Waals surface area contributed by atoms with E-state index in [2.05, 4.69) is 0 Å². The normalized spacial score (nSPS) is 36.0. The number of hydrogen-bond donors (Lipinski definition) is 1. The van der Waals surface area contributed by atoms with E-state index in [0.717, 1.165) is 12.8 Å². The molecule has 20 heavy (non-hydrogen) atoms. The highest BCUT2D eigenvalue weighted by Crippen LogP contribution is 2.43. The van der Waals surface area contributed by atoms with Crippen LogP contribution in [0.4, 0.5) is 4.39 Å². The molecule has 5 heteroatoms. The summed E-state index contributed by atoms with van der Waals surface area (Å²) in [5.74, 6) is 0.269. The van der Waals surface area contributed by atoms with Crippen molar-refractivity contribution in [3.05, 3.63) is 29.6 Å². The van der Waals surface area contributed by atoms with Crippen molar-refractivity contribution < 1.29 is 18.4 Å². The summed E-state index contributed by atoms with van der Waals surface area (Å²) >= 11 is 0. The number of benzene rings is 1. The van der Waals surface area contributed by atoms with Crippen molar-refractivity contribution in [1.29, 1.82) is 0 Å². The van der Waals surface area contributed by atoms with E-state index < -0.39 is 16.4 Å². The molecule has 2 atom stereocenters. The SMILES string of the molecule is COc1ccc(F)cc1CC1(O)CC2CCC(C1)S2=O. The monoisotopic (exact) mass is 298 g/mol. The number of hydrogen-bond acceptors (Lipinski definition) is 3. The van der Waals surface area contributed by atoms with Crippen LogP contribution in [0.5, 0.6) is 5.75 Å². The molecule has 2 saturated heterocycles. The fraction of sp³-hybridized carbons (Fsp3) is 0.600. The van der Waals surface area contributed by atoms with Crippen molar-refractivity contribution in [2.24, 2.45) is 0 Å². The van der Waals surface area contributed by atoms with Crippen LogP contribution >= 0.6 is 0 Å². The molecule has 1 aromatic carbocycles. The topological polar surface area (TPSA) is 46.5 Å². The van der Waals surface area contributed by atoms with E-state index >= 15 is 0 Å². The quantitative estimate of drug-likeness (QED) is 0.930. The molecule has 0 spiro atoms. The van der Waals surface area contributed by atoms with Gasteiger partial charge in [-0.2, -0.15) is 0 Å².